The summed E-state index contributed by atoms with van der Waals surface area (Å²) in [6.45, 7) is 6.88. The fourth-order valence-electron chi connectivity index (χ4n) is 2.57. The average molecular weight is 346 g/mol. The third kappa shape index (κ3) is 19.4. The van der Waals surface area contributed by atoms with Crippen LogP contribution in [0.2, 0.25) is 0 Å². The third-order valence-corrected chi connectivity index (χ3v) is 4.37. The smallest absolute Gasteiger partial charge is 0.303 e. The summed E-state index contributed by atoms with van der Waals surface area (Å²) in [5.74, 6) is -0.663. The van der Waals surface area contributed by atoms with E-state index >= 15 is 0 Å². The van der Waals surface area contributed by atoms with Crippen LogP contribution in [0.15, 0.2) is 0 Å². The summed E-state index contributed by atoms with van der Waals surface area (Å²) in [7, 11) is 0. The van der Waals surface area contributed by atoms with Crippen molar-refractivity contribution in [1.82, 2.24) is 0 Å². The lowest BCUT2D eigenvalue weighted by atomic mass is 9.91. The summed E-state index contributed by atoms with van der Waals surface area (Å²) in [5.41, 5.74) is 4.96. The number of hydrogen-bond acceptors (Lipinski definition) is 3. The first-order valence-corrected chi connectivity index (χ1v) is 10.1. The summed E-state index contributed by atoms with van der Waals surface area (Å²) >= 11 is 0. The molecule has 0 rings (SSSR count). The van der Waals surface area contributed by atoms with Crippen LogP contribution in [0.5, 0.6) is 0 Å². The van der Waals surface area contributed by atoms with E-state index in [0.717, 1.165) is 51.4 Å². The highest BCUT2D eigenvalue weighted by molar-refractivity contribution is 5.66. The van der Waals surface area contributed by atoms with Gasteiger partial charge in [0.1, 0.15) is 0 Å². The Morgan fingerprint density at radius 1 is 0.792 bits per heavy atom. The third-order valence-electron chi connectivity index (χ3n) is 4.37. The molecule has 0 spiro atoms. The predicted molar refractivity (Wildman–Crippen MR) is 103 cm³/mol. The van der Waals surface area contributed by atoms with Gasteiger partial charge in [-0.2, -0.15) is 0 Å². The number of unbranched alkanes of at least 4 members (excludes halogenated alkanes) is 8. The molecule has 0 heterocycles. The monoisotopic (exact) mass is 345 g/mol. The Hall–Kier alpha value is -0.610. The van der Waals surface area contributed by atoms with Crippen LogP contribution in [-0.2, 0) is 4.79 Å². The molecule has 0 saturated carbocycles. The minimum absolute atomic E-state index is 0.341. The van der Waals surface area contributed by atoms with E-state index in [1.165, 1.54) is 32.1 Å². The Bertz CT molecular complexity index is 262. The quantitative estimate of drug-likeness (QED) is 0.353. The summed E-state index contributed by atoms with van der Waals surface area (Å²) in [6.07, 6.45) is 14.8. The minimum atomic E-state index is -0.663. The highest BCUT2D eigenvalue weighted by atomic mass is 16.4. The van der Waals surface area contributed by atoms with Gasteiger partial charge in [-0.05, 0) is 19.3 Å². The second kappa shape index (κ2) is 18.7. The Labute approximate surface area is 150 Å². The Kier molecular flexibility index (Phi) is 20.0. The summed E-state index contributed by atoms with van der Waals surface area (Å²) in [5, 5.41) is 18.3. The van der Waals surface area contributed by atoms with E-state index in [1.54, 1.807) is 0 Å². The molecule has 0 aromatic rings. The highest BCUT2D eigenvalue weighted by Gasteiger charge is 2.22. The lowest BCUT2D eigenvalue weighted by molar-refractivity contribution is -0.137. The van der Waals surface area contributed by atoms with Crippen molar-refractivity contribution >= 4 is 5.97 Å². The lowest BCUT2D eigenvalue weighted by Gasteiger charge is -2.26. The normalized spacial score (nSPS) is 11.0. The molecule has 0 aliphatic heterocycles. The van der Waals surface area contributed by atoms with Crippen molar-refractivity contribution in [3.05, 3.63) is 0 Å². The van der Waals surface area contributed by atoms with E-state index in [-0.39, 0.29) is 0 Å². The SMILES string of the molecule is CCCCC(O)(CN)CCCC.CCCCCCCCCC(=O)O. The van der Waals surface area contributed by atoms with E-state index in [0.29, 0.717) is 13.0 Å². The van der Waals surface area contributed by atoms with Gasteiger partial charge in [-0.1, -0.05) is 85.0 Å². The fraction of sp³-hybridized carbons (Fsp3) is 0.950. The molecule has 4 nitrogen and oxygen atoms in total. The van der Waals surface area contributed by atoms with Gasteiger partial charge in [0, 0.05) is 13.0 Å². The van der Waals surface area contributed by atoms with Gasteiger partial charge in [-0.15, -0.1) is 0 Å². The van der Waals surface area contributed by atoms with Gasteiger partial charge in [-0.25, -0.2) is 0 Å². The molecular weight excluding hydrogens is 302 g/mol. The van der Waals surface area contributed by atoms with E-state index in [2.05, 4.69) is 20.8 Å². The van der Waals surface area contributed by atoms with Crippen molar-refractivity contribution in [2.24, 2.45) is 5.73 Å². The molecule has 0 saturated heterocycles. The number of rotatable bonds is 15. The maximum atomic E-state index is 10.1. The van der Waals surface area contributed by atoms with Crippen LogP contribution in [0.3, 0.4) is 0 Å². The molecule has 0 aliphatic rings. The number of carboxylic acid groups (broad SMARTS) is 1. The summed E-state index contributed by atoms with van der Waals surface area (Å²) in [6, 6.07) is 0. The van der Waals surface area contributed by atoms with Crippen LogP contribution in [0.25, 0.3) is 0 Å². The van der Waals surface area contributed by atoms with Crippen LogP contribution >= 0.6 is 0 Å². The predicted octanol–water partition coefficient (Wildman–Crippen LogP) is 5.27. The van der Waals surface area contributed by atoms with Gasteiger partial charge in [0.25, 0.3) is 0 Å². The number of carboxylic acids is 1. The van der Waals surface area contributed by atoms with Crippen LogP contribution in [0, 0.1) is 0 Å². The van der Waals surface area contributed by atoms with Crippen LogP contribution < -0.4 is 5.73 Å². The van der Waals surface area contributed by atoms with Crippen molar-refractivity contribution in [2.45, 2.75) is 116 Å². The van der Waals surface area contributed by atoms with Crippen molar-refractivity contribution in [1.29, 1.82) is 0 Å². The van der Waals surface area contributed by atoms with Gasteiger partial charge < -0.3 is 15.9 Å². The molecule has 0 aromatic carbocycles. The Morgan fingerprint density at radius 3 is 1.58 bits per heavy atom. The average Bonchev–Trinajstić information content (AvgIpc) is 2.58. The number of carbonyl (C=O) groups is 1. The van der Waals surface area contributed by atoms with E-state index < -0.39 is 11.6 Å². The molecule has 0 aliphatic carbocycles. The first-order chi connectivity index (χ1) is 11.5. The van der Waals surface area contributed by atoms with Crippen LogP contribution in [0.1, 0.15) is 111 Å². The fourth-order valence-corrected chi connectivity index (χ4v) is 2.57. The van der Waals surface area contributed by atoms with Crippen LogP contribution in [0.4, 0.5) is 0 Å². The van der Waals surface area contributed by atoms with Gasteiger partial charge in [0.15, 0.2) is 0 Å². The second-order valence-corrected chi connectivity index (χ2v) is 6.90. The van der Waals surface area contributed by atoms with Crippen molar-refractivity contribution in [3.63, 3.8) is 0 Å². The molecule has 4 heteroatoms. The Morgan fingerprint density at radius 2 is 1.21 bits per heavy atom. The molecule has 0 unspecified atom stereocenters. The Balaban J connectivity index is 0. The highest BCUT2D eigenvalue weighted by Crippen LogP contribution is 2.19. The van der Waals surface area contributed by atoms with Crippen LogP contribution in [-0.4, -0.2) is 28.3 Å². The van der Waals surface area contributed by atoms with Gasteiger partial charge >= 0.3 is 5.97 Å². The van der Waals surface area contributed by atoms with Gasteiger partial charge in [-0.3, -0.25) is 4.79 Å². The molecule has 0 aromatic heterocycles. The topological polar surface area (TPSA) is 83.5 Å². The van der Waals surface area contributed by atoms with Gasteiger partial charge in [0.2, 0.25) is 0 Å². The van der Waals surface area contributed by atoms with Crippen molar-refractivity contribution in [2.75, 3.05) is 6.54 Å². The first kappa shape index (κ1) is 25.6. The number of aliphatic hydroxyl groups is 1. The molecule has 0 radical (unpaired) electrons. The molecule has 0 fully saturated rings. The standard InChI is InChI=1S/C10H23NO.C10H20O2/c1-3-5-7-10(12,9-11)8-6-4-2;1-2-3-4-5-6-7-8-9-10(11)12/h12H,3-9,11H2,1-2H3;2-9H2,1H3,(H,11,12). The zero-order valence-corrected chi connectivity index (χ0v) is 16.5. The van der Waals surface area contributed by atoms with Crippen molar-refractivity contribution < 1.29 is 15.0 Å². The maximum Gasteiger partial charge on any atom is 0.303 e. The van der Waals surface area contributed by atoms with Gasteiger partial charge in [0.05, 0.1) is 5.60 Å². The lowest BCUT2D eigenvalue weighted by Crippen LogP contribution is -2.37. The molecule has 146 valence electrons. The molecule has 0 atom stereocenters. The molecule has 0 amide bonds. The number of nitrogens with two attached hydrogens (primary N) is 1. The van der Waals surface area contributed by atoms with E-state index in [1.807, 2.05) is 0 Å². The zero-order valence-electron chi connectivity index (χ0n) is 16.5. The first-order valence-electron chi connectivity index (χ1n) is 10.1. The number of aliphatic carboxylic acids is 1. The summed E-state index contributed by atoms with van der Waals surface area (Å²) in [4.78, 5) is 10.1. The largest absolute Gasteiger partial charge is 0.481 e. The molecule has 0 bridgehead atoms. The maximum absolute atomic E-state index is 10.1. The van der Waals surface area contributed by atoms with E-state index in [9.17, 15) is 9.90 Å². The minimum Gasteiger partial charge on any atom is -0.481 e. The summed E-state index contributed by atoms with van der Waals surface area (Å²) < 4.78 is 0. The van der Waals surface area contributed by atoms with Crippen molar-refractivity contribution in [3.8, 4) is 0 Å². The zero-order chi connectivity index (χ0) is 18.7. The molecular formula is C20H43NO3. The molecule has 4 N–H and O–H groups in total. The van der Waals surface area contributed by atoms with E-state index in [4.69, 9.17) is 10.8 Å². The number of hydrogen-bond donors (Lipinski definition) is 3. The second-order valence-electron chi connectivity index (χ2n) is 6.90. The molecule has 24 heavy (non-hydrogen) atoms.